The molecule has 9 nitrogen and oxygen atoms in total. The summed E-state index contributed by atoms with van der Waals surface area (Å²) in [4.78, 5) is 31.1. The largest absolute Gasteiger partial charge is 0.442 e. The maximum Gasteiger partial charge on any atom is 0.414 e. The van der Waals surface area contributed by atoms with Crippen molar-refractivity contribution in [1.29, 1.82) is 0 Å². The van der Waals surface area contributed by atoms with Gasteiger partial charge in [0.2, 0.25) is 5.91 Å². The highest BCUT2D eigenvalue weighted by Crippen LogP contribution is 2.35. The Morgan fingerprint density at radius 3 is 2.58 bits per heavy atom. The number of cyclic esters (lactones) is 1. The third-order valence-electron chi connectivity index (χ3n) is 5.84. The van der Waals surface area contributed by atoms with E-state index in [0.717, 1.165) is 19.5 Å². The quantitative estimate of drug-likeness (QED) is 0.621. The van der Waals surface area contributed by atoms with Crippen LogP contribution in [0.4, 0.5) is 20.6 Å². The Morgan fingerprint density at radius 1 is 1.19 bits per heavy atom. The lowest BCUT2D eigenvalue weighted by Gasteiger charge is -2.37. The molecule has 4 rings (SSSR count). The summed E-state index contributed by atoms with van der Waals surface area (Å²) in [7, 11) is 0. The minimum atomic E-state index is -0.540. The molecule has 3 fully saturated rings. The lowest BCUT2D eigenvalue weighted by molar-refractivity contribution is -0.134. The molecule has 168 valence electrons. The average Bonchev–Trinajstić information content (AvgIpc) is 3.11. The molecule has 0 aromatic heterocycles. The molecule has 3 heterocycles. The maximum atomic E-state index is 14.8. The van der Waals surface area contributed by atoms with Crippen LogP contribution in [0.1, 0.15) is 6.42 Å². The highest BCUT2D eigenvalue weighted by molar-refractivity contribution is 7.80. The summed E-state index contributed by atoms with van der Waals surface area (Å²) < 4.78 is 20.3. The van der Waals surface area contributed by atoms with E-state index in [2.05, 4.69) is 10.2 Å². The van der Waals surface area contributed by atoms with E-state index in [4.69, 9.17) is 22.1 Å². The number of halogens is 1. The van der Waals surface area contributed by atoms with Crippen LogP contribution < -0.4 is 15.1 Å². The van der Waals surface area contributed by atoms with Crippen LogP contribution in [-0.4, -0.2) is 97.1 Å². The molecular formula is C20H26FN5O4S. The Kier molecular flexibility index (Phi) is 6.42. The predicted octanol–water partition coefficient (Wildman–Crippen LogP) is 0.372. The Hall–Kier alpha value is -2.66. The highest BCUT2D eigenvalue weighted by Gasteiger charge is 2.36. The van der Waals surface area contributed by atoms with Gasteiger partial charge < -0.3 is 29.9 Å². The van der Waals surface area contributed by atoms with E-state index in [1.54, 1.807) is 17.0 Å². The third-order valence-corrected chi connectivity index (χ3v) is 6.24. The SMILES string of the molecule is O=C(CO)N1CCN(c2c(F)cccc2N2C[C@H](CNC(=S)N3CCC3)OC2=O)CC1. The molecule has 0 unspecified atom stereocenters. The topological polar surface area (TPSA) is 88.6 Å². The van der Waals surface area contributed by atoms with Crippen molar-refractivity contribution in [3.05, 3.63) is 24.0 Å². The first-order chi connectivity index (χ1) is 15.0. The number of thiocarbonyl (C=S) groups is 1. The number of likely N-dealkylation sites (tertiary alicyclic amines) is 1. The van der Waals surface area contributed by atoms with E-state index < -0.39 is 24.6 Å². The maximum absolute atomic E-state index is 14.8. The number of benzene rings is 1. The lowest BCUT2D eigenvalue weighted by Crippen LogP contribution is -2.50. The fourth-order valence-corrected chi connectivity index (χ4v) is 4.24. The zero-order chi connectivity index (χ0) is 22.0. The fourth-order valence-electron chi connectivity index (χ4n) is 3.97. The van der Waals surface area contributed by atoms with Crippen LogP contribution in [0.15, 0.2) is 18.2 Å². The fraction of sp³-hybridized carbons (Fsp3) is 0.550. The van der Waals surface area contributed by atoms with Crippen LogP contribution in [0, 0.1) is 5.82 Å². The summed E-state index contributed by atoms with van der Waals surface area (Å²) in [5.41, 5.74) is 0.764. The second-order valence-electron chi connectivity index (χ2n) is 7.78. The van der Waals surface area contributed by atoms with Crippen molar-refractivity contribution in [2.75, 3.05) is 68.8 Å². The molecule has 0 saturated carbocycles. The standard InChI is InChI=1S/C20H26FN5O4S/c21-15-3-1-4-16(18(15)24-9-7-23(8-10-24)17(28)13-27)26-12-14(30-20(26)29)11-22-19(31)25-5-2-6-25/h1,3-4,14,27H,2,5-13H2,(H,22,31)/t14-/m0/s1. The lowest BCUT2D eigenvalue weighted by atomic mass is 10.1. The number of nitrogens with one attached hydrogen (secondary N) is 1. The van der Waals surface area contributed by atoms with Gasteiger partial charge in [-0.05, 0) is 30.8 Å². The minimum Gasteiger partial charge on any atom is -0.442 e. The van der Waals surface area contributed by atoms with Gasteiger partial charge in [0, 0.05) is 39.3 Å². The van der Waals surface area contributed by atoms with E-state index >= 15 is 0 Å². The molecule has 1 atom stereocenters. The van der Waals surface area contributed by atoms with Crippen molar-refractivity contribution in [3.63, 3.8) is 0 Å². The first-order valence-electron chi connectivity index (χ1n) is 10.4. The van der Waals surface area contributed by atoms with Gasteiger partial charge in [-0.2, -0.15) is 0 Å². The van der Waals surface area contributed by atoms with Gasteiger partial charge in [-0.1, -0.05) is 6.07 Å². The molecule has 1 aromatic carbocycles. The van der Waals surface area contributed by atoms with Gasteiger partial charge in [-0.15, -0.1) is 0 Å². The van der Waals surface area contributed by atoms with Crippen LogP contribution in [0.5, 0.6) is 0 Å². The number of nitrogens with zero attached hydrogens (tertiary/aromatic N) is 4. The number of rotatable bonds is 5. The normalized spacial score (nSPS) is 21.1. The van der Waals surface area contributed by atoms with Crippen molar-refractivity contribution >= 4 is 40.7 Å². The Labute approximate surface area is 185 Å². The number of hydrogen-bond acceptors (Lipinski definition) is 6. The van der Waals surface area contributed by atoms with Crippen molar-refractivity contribution in [2.45, 2.75) is 12.5 Å². The van der Waals surface area contributed by atoms with E-state index in [9.17, 15) is 14.0 Å². The summed E-state index contributed by atoms with van der Waals surface area (Å²) in [6.45, 7) is 3.56. The molecule has 1 aromatic rings. The summed E-state index contributed by atoms with van der Waals surface area (Å²) >= 11 is 5.33. The van der Waals surface area contributed by atoms with Crippen LogP contribution in [-0.2, 0) is 9.53 Å². The van der Waals surface area contributed by atoms with Crippen LogP contribution in [0.3, 0.4) is 0 Å². The number of amides is 2. The molecule has 2 amide bonds. The van der Waals surface area contributed by atoms with E-state index in [1.165, 1.54) is 11.0 Å². The van der Waals surface area contributed by atoms with Gasteiger partial charge >= 0.3 is 6.09 Å². The second kappa shape index (κ2) is 9.23. The van der Waals surface area contributed by atoms with Gasteiger partial charge in [0.1, 0.15) is 18.5 Å². The second-order valence-corrected chi connectivity index (χ2v) is 8.16. The van der Waals surface area contributed by atoms with E-state index in [1.807, 2.05) is 4.90 Å². The molecule has 0 bridgehead atoms. The molecule has 3 aliphatic rings. The zero-order valence-electron chi connectivity index (χ0n) is 17.1. The Balaban J connectivity index is 1.43. The van der Waals surface area contributed by atoms with Gasteiger partial charge in [-0.3, -0.25) is 9.69 Å². The van der Waals surface area contributed by atoms with Gasteiger partial charge in [0.25, 0.3) is 0 Å². The molecule has 0 spiro atoms. The van der Waals surface area contributed by atoms with Gasteiger partial charge in [0.15, 0.2) is 5.11 Å². The number of piperazine rings is 1. The predicted molar refractivity (Wildman–Crippen MR) is 117 cm³/mol. The van der Waals surface area contributed by atoms with Crippen molar-refractivity contribution < 1.29 is 23.8 Å². The number of carbonyl (C=O) groups is 2. The minimum absolute atomic E-state index is 0.286. The van der Waals surface area contributed by atoms with Crippen molar-refractivity contribution in [1.82, 2.24) is 15.1 Å². The van der Waals surface area contributed by atoms with Gasteiger partial charge in [0.05, 0.1) is 24.5 Å². The van der Waals surface area contributed by atoms with E-state index in [-0.39, 0.29) is 12.5 Å². The number of hydrogen-bond donors (Lipinski definition) is 2. The van der Waals surface area contributed by atoms with Crippen LogP contribution in [0.2, 0.25) is 0 Å². The summed E-state index contributed by atoms with van der Waals surface area (Å²) in [5, 5.41) is 12.8. The average molecular weight is 452 g/mol. The molecule has 3 saturated heterocycles. The third kappa shape index (κ3) is 4.52. The molecule has 0 aliphatic carbocycles. The molecule has 11 heteroatoms. The number of aliphatic hydroxyl groups excluding tert-OH is 1. The monoisotopic (exact) mass is 451 g/mol. The first kappa shape index (κ1) is 21.6. The number of aliphatic hydroxyl groups is 1. The van der Waals surface area contributed by atoms with Crippen molar-refractivity contribution in [3.8, 4) is 0 Å². The Morgan fingerprint density at radius 2 is 1.94 bits per heavy atom. The molecular weight excluding hydrogens is 425 g/mol. The highest BCUT2D eigenvalue weighted by atomic mass is 32.1. The summed E-state index contributed by atoms with van der Waals surface area (Å²) in [6, 6.07) is 4.62. The number of carbonyl (C=O) groups excluding carboxylic acids is 2. The smallest absolute Gasteiger partial charge is 0.414 e. The first-order valence-corrected chi connectivity index (χ1v) is 10.8. The molecule has 0 radical (unpaired) electrons. The molecule has 2 N–H and O–H groups in total. The summed E-state index contributed by atoms with van der Waals surface area (Å²) in [5.74, 6) is -0.782. The number of ether oxygens (including phenoxy) is 1. The number of para-hydroxylation sites is 1. The summed E-state index contributed by atoms with van der Waals surface area (Å²) in [6.07, 6.45) is 0.197. The van der Waals surface area contributed by atoms with Crippen molar-refractivity contribution in [2.24, 2.45) is 0 Å². The van der Waals surface area contributed by atoms with Crippen LogP contribution >= 0.6 is 12.2 Å². The zero-order valence-corrected chi connectivity index (χ0v) is 17.9. The van der Waals surface area contributed by atoms with Crippen LogP contribution in [0.25, 0.3) is 0 Å². The molecule has 3 aliphatic heterocycles. The van der Waals surface area contributed by atoms with Gasteiger partial charge in [-0.25, -0.2) is 9.18 Å². The van der Waals surface area contributed by atoms with E-state index in [0.29, 0.717) is 49.2 Å². The number of anilines is 2. The molecule has 31 heavy (non-hydrogen) atoms. The Bertz CT molecular complexity index is 860.